The summed E-state index contributed by atoms with van der Waals surface area (Å²) in [6.07, 6.45) is 1.82. The van der Waals surface area contributed by atoms with E-state index >= 15 is 0 Å². The van der Waals surface area contributed by atoms with E-state index in [1.54, 1.807) is 11.8 Å². The predicted molar refractivity (Wildman–Crippen MR) is 131 cm³/mol. The van der Waals surface area contributed by atoms with Gasteiger partial charge in [-0.15, -0.1) is 0 Å². The summed E-state index contributed by atoms with van der Waals surface area (Å²) < 4.78 is 2.21. The third-order valence-electron chi connectivity index (χ3n) is 5.76. The van der Waals surface area contributed by atoms with E-state index in [-0.39, 0.29) is 5.75 Å². The lowest BCUT2D eigenvalue weighted by Gasteiger charge is -2.08. The average molecular weight is 434 g/mol. The number of phenols is 1. The fourth-order valence-corrected chi connectivity index (χ4v) is 5.00. The van der Waals surface area contributed by atoms with Crippen molar-refractivity contribution in [2.24, 2.45) is 0 Å². The highest BCUT2D eigenvalue weighted by Crippen LogP contribution is 2.36. The lowest BCUT2D eigenvalue weighted by atomic mass is 10.1. The number of nitrogens with zero attached hydrogens (tertiary/aromatic N) is 3. The minimum Gasteiger partial charge on any atom is -0.505 e. The van der Waals surface area contributed by atoms with Gasteiger partial charge in [0, 0.05) is 27.3 Å². The molecule has 0 spiro atoms. The quantitative estimate of drug-likeness (QED) is 0.330. The van der Waals surface area contributed by atoms with Crippen molar-refractivity contribution in [2.75, 3.05) is 0 Å². The molecule has 4 nitrogen and oxygen atoms in total. The summed E-state index contributed by atoms with van der Waals surface area (Å²) >= 11 is 1.59. The first-order valence-corrected chi connectivity index (χ1v) is 11.2. The molecule has 0 aliphatic heterocycles. The van der Waals surface area contributed by atoms with Crippen molar-refractivity contribution < 1.29 is 5.11 Å². The van der Waals surface area contributed by atoms with Gasteiger partial charge in [-0.3, -0.25) is 4.57 Å². The van der Waals surface area contributed by atoms with Gasteiger partial charge in [0.25, 0.3) is 0 Å². The van der Waals surface area contributed by atoms with Gasteiger partial charge < -0.3 is 5.11 Å². The van der Waals surface area contributed by atoms with E-state index in [9.17, 15) is 5.11 Å². The molecule has 0 bridgehead atoms. The molecule has 0 saturated carbocycles. The van der Waals surface area contributed by atoms with Gasteiger partial charge in [-0.1, -0.05) is 54.2 Å². The Morgan fingerprint density at radius 2 is 1.62 bits per heavy atom. The van der Waals surface area contributed by atoms with Crippen LogP contribution in [0.25, 0.3) is 38.5 Å². The molecule has 0 atom stereocenters. The molecule has 0 aliphatic carbocycles. The SMILES string of the molecule is Cc1ccc2ccc(Sc3ccc4c5ccccc5n(-c5ccccn5)c4c3)nc2c1O. The number of fused-ring (bicyclic) bond motifs is 4. The fourth-order valence-electron chi connectivity index (χ4n) is 4.18. The number of para-hydroxylation sites is 1. The van der Waals surface area contributed by atoms with E-state index in [4.69, 9.17) is 4.98 Å². The van der Waals surface area contributed by atoms with Crippen LogP contribution in [0.4, 0.5) is 0 Å². The Hall–Kier alpha value is -3.83. The maximum Gasteiger partial charge on any atom is 0.144 e. The maximum atomic E-state index is 10.5. The molecule has 0 unspecified atom stereocenters. The molecule has 5 heteroatoms. The highest BCUT2D eigenvalue weighted by Gasteiger charge is 2.14. The summed E-state index contributed by atoms with van der Waals surface area (Å²) in [7, 11) is 0. The number of aromatic hydroxyl groups is 1. The molecule has 32 heavy (non-hydrogen) atoms. The molecule has 1 N–H and O–H groups in total. The van der Waals surface area contributed by atoms with Gasteiger partial charge in [0.1, 0.15) is 22.1 Å². The number of pyridine rings is 2. The van der Waals surface area contributed by atoms with Gasteiger partial charge in [0.2, 0.25) is 0 Å². The van der Waals surface area contributed by atoms with Crippen molar-refractivity contribution in [3.8, 4) is 11.6 Å². The van der Waals surface area contributed by atoms with Crippen LogP contribution in [-0.2, 0) is 0 Å². The molecule has 6 rings (SSSR count). The van der Waals surface area contributed by atoms with Crippen LogP contribution in [0.1, 0.15) is 5.56 Å². The van der Waals surface area contributed by atoms with E-state index in [0.29, 0.717) is 5.52 Å². The number of benzene rings is 3. The Labute approximate surface area is 189 Å². The van der Waals surface area contributed by atoms with E-state index in [1.165, 1.54) is 10.8 Å². The van der Waals surface area contributed by atoms with Crippen molar-refractivity contribution in [1.29, 1.82) is 0 Å². The monoisotopic (exact) mass is 433 g/mol. The smallest absolute Gasteiger partial charge is 0.144 e. The van der Waals surface area contributed by atoms with Gasteiger partial charge in [-0.25, -0.2) is 9.97 Å². The topological polar surface area (TPSA) is 50.9 Å². The third-order valence-corrected chi connectivity index (χ3v) is 6.68. The van der Waals surface area contributed by atoms with Gasteiger partial charge >= 0.3 is 0 Å². The molecule has 154 valence electrons. The number of aromatic nitrogens is 3. The Morgan fingerprint density at radius 1 is 0.812 bits per heavy atom. The normalized spacial score (nSPS) is 11.5. The summed E-state index contributed by atoms with van der Waals surface area (Å²) in [5, 5.41) is 14.6. The number of rotatable bonds is 3. The highest BCUT2D eigenvalue weighted by molar-refractivity contribution is 7.99. The molecule has 0 radical (unpaired) electrons. The zero-order chi connectivity index (χ0) is 21.7. The van der Waals surface area contributed by atoms with Crippen LogP contribution in [0.5, 0.6) is 5.75 Å². The zero-order valence-corrected chi connectivity index (χ0v) is 18.2. The average Bonchev–Trinajstić information content (AvgIpc) is 3.16. The predicted octanol–water partition coefficient (Wildman–Crippen LogP) is 6.89. The van der Waals surface area contributed by atoms with E-state index in [1.807, 2.05) is 55.6 Å². The molecular formula is C27H19N3OS. The molecule has 6 aromatic rings. The Kier molecular flexibility index (Phi) is 4.37. The summed E-state index contributed by atoms with van der Waals surface area (Å²) in [5.74, 6) is 1.14. The van der Waals surface area contributed by atoms with Crippen LogP contribution in [0.15, 0.2) is 101 Å². The number of phenolic OH excluding ortho intramolecular Hbond substituents is 1. The molecule has 0 fully saturated rings. The first-order valence-electron chi connectivity index (χ1n) is 10.4. The van der Waals surface area contributed by atoms with Crippen LogP contribution >= 0.6 is 11.8 Å². The first kappa shape index (κ1) is 18.9. The van der Waals surface area contributed by atoms with Crippen molar-refractivity contribution in [1.82, 2.24) is 14.5 Å². The van der Waals surface area contributed by atoms with E-state index < -0.39 is 0 Å². The highest BCUT2D eigenvalue weighted by atomic mass is 32.2. The number of hydrogen-bond acceptors (Lipinski definition) is 4. The van der Waals surface area contributed by atoms with Crippen LogP contribution in [0, 0.1) is 6.92 Å². The maximum absolute atomic E-state index is 10.5. The van der Waals surface area contributed by atoms with Gasteiger partial charge in [0.05, 0.1) is 11.0 Å². The second-order valence-corrected chi connectivity index (χ2v) is 8.87. The largest absolute Gasteiger partial charge is 0.505 e. The number of aryl methyl sites for hydroxylation is 1. The van der Waals surface area contributed by atoms with Gasteiger partial charge in [0.15, 0.2) is 0 Å². The zero-order valence-electron chi connectivity index (χ0n) is 17.4. The third kappa shape index (κ3) is 3.01. The lowest BCUT2D eigenvalue weighted by molar-refractivity contribution is 0.476. The standard InChI is InChI=1S/C27H19N3OS/c1-17-9-10-18-11-14-25(29-26(18)27(17)31)32-19-12-13-21-20-6-2-3-7-22(20)30(23(21)16-19)24-8-4-5-15-28-24/h2-16,31H,1H3. The van der Waals surface area contributed by atoms with Crippen molar-refractivity contribution >= 4 is 44.5 Å². The first-order chi connectivity index (χ1) is 15.7. The Morgan fingerprint density at radius 3 is 2.50 bits per heavy atom. The van der Waals surface area contributed by atoms with Crippen LogP contribution in [-0.4, -0.2) is 19.6 Å². The summed E-state index contributed by atoms with van der Waals surface area (Å²) in [6.45, 7) is 1.89. The van der Waals surface area contributed by atoms with Gasteiger partial charge in [-0.05, 0) is 55.0 Å². The molecule has 3 heterocycles. The van der Waals surface area contributed by atoms with Crippen LogP contribution < -0.4 is 0 Å². The molecule has 0 saturated heterocycles. The molecule has 3 aromatic carbocycles. The second kappa shape index (κ2) is 7.39. The van der Waals surface area contributed by atoms with Crippen molar-refractivity contribution in [3.63, 3.8) is 0 Å². The Bertz CT molecular complexity index is 1620. The Balaban J connectivity index is 1.51. The van der Waals surface area contributed by atoms with Crippen LogP contribution in [0.2, 0.25) is 0 Å². The molecule has 0 amide bonds. The summed E-state index contributed by atoms with van der Waals surface area (Å²) in [5.41, 5.74) is 3.70. The van der Waals surface area contributed by atoms with E-state index in [2.05, 4.69) is 52.0 Å². The van der Waals surface area contributed by atoms with Gasteiger partial charge in [-0.2, -0.15) is 0 Å². The second-order valence-electron chi connectivity index (χ2n) is 7.77. The minimum absolute atomic E-state index is 0.246. The minimum atomic E-state index is 0.246. The molecular weight excluding hydrogens is 414 g/mol. The fraction of sp³-hybridized carbons (Fsp3) is 0.0370. The summed E-state index contributed by atoms with van der Waals surface area (Å²) in [4.78, 5) is 10.4. The van der Waals surface area contributed by atoms with E-state index in [0.717, 1.165) is 37.7 Å². The van der Waals surface area contributed by atoms with Crippen molar-refractivity contribution in [2.45, 2.75) is 16.8 Å². The van der Waals surface area contributed by atoms with Crippen LogP contribution in [0.3, 0.4) is 0 Å². The summed E-state index contributed by atoms with van der Waals surface area (Å²) in [6, 6.07) is 28.8. The lowest BCUT2D eigenvalue weighted by Crippen LogP contribution is -1.96. The molecule has 0 aliphatic rings. The van der Waals surface area contributed by atoms with Crippen molar-refractivity contribution in [3.05, 3.63) is 96.7 Å². The molecule has 3 aromatic heterocycles. The number of hydrogen-bond donors (Lipinski definition) is 1.